The number of carbonyl (C=O) groups is 1. The van der Waals surface area contributed by atoms with E-state index in [1.165, 1.54) is 6.07 Å². The van der Waals surface area contributed by atoms with Crippen LogP contribution in [-0.2, 0) is 14.8 Å². The van der Waals surface area contributed by atoms with Gasteiger partial charge in [0.2, 0.25) is 15.9 Å². The molecule has 0 bridgehead atoms. The summed E-state index contributed by atoms with van der Waals surface area (Å²) in [6, 6.07) is 0.574. The molecular weight excluding hydrogens is 367 g/mol. The Bertz CT molecular complexity index is 660. The lowest BCUT2D eigenvalue weighted by Crippen LogP contribution is -2.51. The SMILES string of the molecule is CC(NS(=O)(=O)c1cc(Cl)sc1Cl)C(=O)N1CCCCC1C. The molecule has 9 heteroatoms. The molecule has 1 amide bonds. The summed E-state index contributed by atoms with van der Waals surface area (Å²) >= 11 is 12.6. The number of sulfonamides is 1. The van der Waals surface area contributed by atoms with E-state index in [1.807, 2.05) is 6.92 Å². The van der Waals surface area contributed by atoms with E-state index in [0.29, 0.717) is 6.54 Å². The second-order valence-electron chi connectivity index (χ2n) is 5.41. The van der Waals surface area contributed by atoms with Crippen molar-refractivity contribution in [3.8, 4) is 0 Å². The maximum absolute atomic E-state index is 12.5. The number of rotatable bonds is 4. The van der Waals surface area contributed by atoms with Gasteiger partial charge in [-0.1, -0.05) is 23.2 Å². The molecule has 2 rings (SSSR count). The third kappa shape index (κ3) is 3.94. The van der Waals surface area contributed by atoms with Gasteiger partial charge in [0.15, 0.2) is 0 Å². The summed E-state index contributed by atoms with van der Waals surface area (Å²) < 4.78 is 27.4. The summed E-state index contributed by atoms with van der Waals surface area (Å²) in [5.41, 5.74) is 0. The molecule has 1 aliphatic heterocycles. The maximum atomic E-state index is 12.5. The minimum absolute atomic E-state index is 0.0866. The van der Waals surface area contributed by atoms with Gasteiger partial charge in [-0.15, -0.1) is 11.3 Å². The Labute approximate surface area is 144 Å². The van der Waals surface area contributed by atoms with Crippen molar-refractivity contribution < 1.29 is 13.2 Å². The molecule has 0 spiro atoms. The van der Waals surface area contributed by atoms with Gasteiger partial charge in [0, 0.05) is 12.6 Å². The van der Waals surface area contributed by atoms with E-state index in [4.69, 9.17) is 23.2 Å². The summed E-state index contributed by atoms with van der Waals surface area (Å²) in [6.45, 7) is 4.19. The molecule has 124 valence electrons. The molecular formula is C13H18Cl2N2O3S2. The quantitative estimate of drug-likeness (QED) is 0.866. The molecule has 22 heavy (non-hydrogen) atoms. The minimum atomic E-state index is -3.87. The standard InChI is InChI=1S/C13H18Cl2N2O3S2/c1-8-5-3-4-6-17(8)13(18)9(2)16-22(19,20)10-7-11(14)21-12(10)15/h7-9,16H,3-6H2,1-2H3. The predicted molar refractivity (Wildman–Crippen MR) is 89.1 cm³/mol. The van der Waals surface area contributed by atoms with Crippen molar-refractivity contribution in [2.45, 2.75) is 50.1 Å². The first-order valence-electron chi connectivity index (χ1n) is 7.00. The zero-order valence-corrected chi connectivity index (χ0v) is 15.4. The first kappa shape index (κ1) is 18.0. The monoisotopic (exact) mass is 384 g/mol. The topological polar surface area (TPSA) is 66.5 Å². The second-order valence-corrected chi connectivity index (χ2v) is 9.38. The Balaban J connectivity index is 2.12. The van der Waals surface area contributed by atoms with Crippen molar-refractivity contribution in [1.82, 2.24) is 9.62 Å². The zero-order chi connectivity index (χ0) is 16.5. The number of halogens is 2. The number of nitrogens with one attached hydrogen (secondary N) is 1. The summed E-state index contributed by atoms with van der Waals surface area (Å²) in [6.07, 6.45) is 2.98. The van der Waals surface area contributed by atoms with Crippen LogP contribution in [0.4, 0.5) is 0 Å². The van der Waals surface area contributed by atoms with E-state index < -0.39 is 16.1 Å². The van der Waals surface area contributed by atoms with Crippen LogP contribution in [0, 0.1) is 0 Å². The number of nitrogens with zero attached hydrogens (tertiary/aromatic N) is 1. The zero-order valence-electron chi connectivity index (χ0n) is 12.3. The van der Waals surface area contributed by atoms with E-state index in [9.17, 15) is 13.2 Å². The van der Waals surface area contributed by atoms with Crippen molar-refractivity contribution in [1.29, 1.82) is 0 Å². The van der Waals surface area contributed by atoms with Gasteiger partial charge in [-0.05, 0) is 39.2 Å². The van der Waals surface area contributed by atoms with Gasteiger partial charge in [-0.3, -0.25) is 4.79 Å². The second kappa shape index (κ2) is 7.05. The number of amides is 1. The lowest BCUT2D eigenvalue weighted by atomic mass is 10.0. The van der Waals surface area contributed by atoms with Crippen molar-refractivity contribution in [3.05, 3.63) is 14.7 Å². The smallest absolute Gasteiger partial charge is 0.243 e. The van der Waals surface area contributed by atoms with Crippen LogP contribution >= 0.6 is 34.5 Å². The normalized spacial score (nSPS) is 20.9. The van der Waals surface area contributed by atoms with E-state index in [-0.39, 0.29) is 25.5 Å². The van der Waals surface area contributed by atoms with Crippen LogP contribution in [0.1, 0.15) is 33.1 Å². The van der Waals surface area contributed by atoms with E-state index in [1.54, 1.807) is 11.8 Å². The molecule has 2 unspecified atom stereocenters. The molecule has 5 nitrogen and oxygen atoms in total. The highest BCUT2D eigenvalue weighted by molar-refractivity contribution is 7.89. The van der Waals surface area contributed by atoms with Crippen LogP contribution in [-0.4, -0.2) is 37.9 Å². The van der Waals surface area contributed by atoms with Crippen molar-refractivity contribution >= 4 is 50.5 Å². The molecule has 0 radical (unpaired) electrons. The van der Waals surface area contributed by atoms with Crippen molar-refractivity contribution in [3.63, 3.8) is 0 Å². The van der Waals surface area contributed by atoms with Gasteiger partial charge in [0.25, 0.3) is 0 Å². The fourth-order valence-electron chi connectivity index (χ4n) is 2.53. The number of thiophene rings is 1. The van der Waals surface area contributed by atoms with E-state index >= 15 is 0 Å². The number of piperidine rings is 1. The lowest BCUT2D eigenvalue weighted by Gasteiger charge is -2.35. The highest BCUT2D eigenvalue weighted by atomic mass is 35.5. The van der Waals surface area contributed by atoms with Crippen LogP contribution in [0.3, 0.4) is 0 Å². The molecule has 0 aromatic carbocycles. The van der Waals surface area contributed by atoms with Gasteiger partial charge in [-0.2, -0.15) is 4.72 Å². The number of hydrogen-bond acceptors (Lipinski definition) is 4. The third-order valence-corrected chi connectivity index (χ3v) is 7.00. The molecule has 1 aromatic heterocycles. The first-order chi connectivity index (χ1) is 10.2. The molecule has 1 aromatic rings. The summed E-state index contributed by atoms with van der Waals surface area (Å²) in [5.74, 6) is -0.215. The molecule has 1 N–H and O–H groups in total. The number of hydrogen-bond donors (Lipinski definition) is 1. The van der Waals surface area contributed by atoms with Crippen LogP contribution in [0.2, 0.25) is 8.67 Å². The van der Waals surface area contributed by atoms with E-state index in [0.717, 1.165) is 30.6 Å². The fraction of sp³-hybridized carbons (Fsp3) is 0.615. The average molecular weight is 385 g/mol. The summed E-state index contributed by atoms with van der Waals surface area (Å²) in [5, 5.41) is 0. The van der Waals surface area contributed by atoms with Gasteiger partial charge < -0.3 is 4.90 Å². The van der Waals surface area contributed by atoms with Crippen LogP contribution in [0.5, 0.6) is 0 Å². The molecule has 2 atom stereocenters. The van der Waals surface area contributed by atoms with Gasteiger partial charge >= 0.3 is 0 Å². The van der Waals surface area contributed by atoms with Gasteiger partial charge in [-0.25, -0.2) is 8.42 Å². The Kier molecular flexibility index (Phi) is 5.77. The maximum Gasteiger partial charge on any atom is 0.243 e. The molecule has 1 aliphatic rings. The van der Waals surface area contributed by atoms with Crippen molar-refractivity contribution in [2.75, 3.05) is 6.54 Å². The van der Waals surface area contributed by atoms with Crippen LogP contribution in [0.25, 0.3) is 0 Å². The Hall–Kier alpha value is -0.340. The first-order valence-corrected chi connectivity index (χ1v) is 10.1. The van der Waals surface area contributed by atoms with Gasteiger partial charge in [0.05, 0.1) is 10.4 Å². The average Bonchev–Trinajstić information content (AvgIpc) is 2.78. The lowest BCUT2D eigenvalue weighted by molar-refractivity contribution is -0.135. The van der Waals surface area contributed by atoms with E-state index in [2.05, 4.69) is 4.72 Å². The predicted octanol–water partition coefficient (Wildman–Crippen LogP) is 3.12. The molecule has 2 heterocycles. The minimum Gasteiger partial charge on any atom is -0.339 e. The molecule has 0 aliphatic carbocycles. The Morgan fingerprint density at radius 1 is 1.45 bits per heavy atom. The molecule has 1 fully saturated rings. The largest absolute Gasteiger partial charge is 0.339 e. The fourth-order valence-corrected chi connectivity index (χ4v) is 5.88. The Morgan fingerprint density at radius 2 is 2.14 bits per heavy atom. The van der Waals surface area contributed by atoms with Crippen molar-refractivity contribution in [2.24, 2.45) is 0 Å². The molecule has 0 saturated carbocycles. The highest BCUT2D eigenvalue weighted by Gasteiger charge is 2.31. The van der Waals surface area contributed by atoms with Gasteiger partial charge in [0.1, 0.15) is 9.23 Å². The third-order valence-electron chi connectivity index (χ3n) is 3.70. The summed E-state index contributed by atoms with van der Waals surface area (Å²) in [7, 11) is -3.87. The Morgan fingerprint density at radius 3 is 2.68 bits per heavy atom. The number of likely N-dealkylation sites (tertiary alicyclic amines) is 1. The highest BCUT2D eigenvalue weighted by Crippen LogP contribution is 2.34. The van der Waals surface area contributed by atoms with Crippen LogP contribution in [0.15, 0.2) is 11.0 Å². The molecule has 1 saturated heterocycles. The summed E-state index contributed by atoms with van der Waals surface area (Å²) in [4.78, 5) is 14.1. The number of carbonyl (C=O) groups excluding carboxylic acids is 1. The van der Waals surface area contributed by atoms with Crippen LogP contribution < -0.4 is 4.72 Å².